The molecule has 2 aromatic heterocycles. The lowest BCUT2D eigenvalue weighted by Crippen LogP contribution is -2.50. The van der Waals surface area contributed by atoms with Gasteiger partial charge in [0.1, 0.15) is 5.15 Å². The summed E-state index contributed by atoms with van der Waals surface area (Å²) in [7, 11) is 0. The van der Waals surface area contributed by atoms with Gasteiger partial charge < -0.3 is 20.1 Å². The molecule has 2 heterocycles. The van der Waals surface area contributed by atoms with E-state index < -0.39 is 17.8 Å². The zero-order valence-corrected chi connectivity index (χ0v) is 26.8. The van der Waals surface area contributed by atoms with E-state index in [1.54, 1.807) is 47.8 Å². The molecule has 2 atom stereocenters. The number of rotatable bonds is 12. The van der Waals surface area contributed by atoms with Crippen molar-refractivity contribution in [2.45, 2.75) is 52.0 Å². The Labute approximate surface area is 276 Å². The first-order valence-electron chi connectivity index (χ1n) is 14.6. The van der Waals surface area contributed by atoms with Gasteiger partial charge in [-0.1, -0.05) is 62.2 Å². The van der Waals surface area contributed by atoms with Gasteiger partial charge in [0.2, 0.25) is 5.91 Å². The first kappa shape index (κ1) is 34.4. The molecule has 4 aromatic rings. The van der Waals surface area contributed by atoms with Crippen LogP contribution in [-0.2, 0) is 30.5 Å². The van der Waals surface area contributed by atoms with E-state index in [0.29, 0.717) is 29.9 Å². The lowest BCUT2D eigenvalue weighted by molar-refractivity contribution is -0.138. The number of alkyl halides is 3. The predicted octanol–water partition coefficient (Wildman–Crippen LogP) is 6.84. The number of pyridine rings is 1. The van der Waals surface area contributed by atoms with Crippen molar-refractivity contribution in [1.29, 1.82) is 5.26 Å². The maximum Gasteiger partial charge on any atom is 0.416 e. The molecule has 240 valence electrons. The van der Waals surface area contributed by atoms with Crippen molar-refractivity contribution in [1.82, 2.24) is 24.8 Å². The average molecular weight is 668 g/mol. The standard InChI is InChI=1S/C33H33ClF3N7OS/c1-3-22(2)29(42-31(45)14-27-17-39-21-44(27)18-24-10-8-23(15-38)9-11-24)20-43(32(46)41-26-12-13-30(34)40-16-26)19-25-6-4-5-7-28(25)33(35,36)37/h4-13,16-17,21-22,29H,3,14,18-20H2,1-2H3,(H,41,46)(H,42,45)/t22-,29+/m0/s1. The number of carbonyl (C=O) groups is 1. The van der Waals surface area contributed by atoms with Gasteiger partial charge in [-0.2, -0.15) is 18.4 Å². The maximum absolute atomic E-state index is 13.9. The number of nitriles is 1. The fourth-order valence-corrected chi connectivity index (χ4v) is 5.21. The highest BCUT2D eigenvalue weighted by Gasteiger charge is 2.34. The van der Waals surface area contributed by atoms with Gasteiger partial charge in [0, 0.05) is 37.6 Å². The molecule has 0 bridgehead atoms. The van der Waals surface area contributed by atoms with Gasteiger partial charge in [0.05, 0.1) is 41.8 Å². The van der Waals surface area contributed by atoms with Crippen LogP contribution in [0.2, 0.25) is 5.15 Å². The molecule has 0 fully saturated rings. The molecule has 0 saturated carbocycles. The number of benzene rings is 2. The fourth-order valence-electron chi connectivity index (χ4n) is 4.84. The first-order valence-corrected chi connectivity index (χ1v) is 15.4. The van der Waals surface area contributed by atoms with E-state index in [1.807, 2.05) is 30.5 Å². The third-order valence-corrected chi connectivity index (χ3v) is 8.20. The van der Waals surface area contributed by atoms with Crippen molar-refractivity contribution in [2.75, 3.05) is 11.9 Å². The molecule has 0 aliphatic heterocycles. The van der Waals surface area contributed by atoms with Crippen LogP contribution in [0.5, 0.6) is 0 Å². The van der Waals surface area contributed by atoms with Gasteiger partial charge in [0.25, 0.3) is 0 Å². The number of halogens is 4. The predicted molar refractivity (Wildman–Crippen MR) is 175 cm³/mol. The second kappa shape index (κ2) is 15.7. The van der Waals surface area contributed by atoms with Crippen LogP contribution in [0.15, 0.2) is 79.4 Å². The van der Waals surface area contributed by atoms with Crippen LogP contribution in [0.4, 0.5) is 18.9 Å². The van der Waals surface area contributed by atoms with Gasteiger partial charge >= 0.3 is 6.18 Å². The normalized spacial score (nSPS) is 12.5. The summed E-state index contributed by atoms with van der Waals surface area (Å²) in [5.74, 6) is -0.295. The molecule has 4 rings (SSSR count). The summed E-state index contributed by atoms with van der Waals surface area (Å²) >= 11 is 11.6. The fraction of sp³-hybridized carbons (Fsp3) is 0.303. The molecular weight excluding hydrogens is 635 g/mol. The summed E-state index contributed by atoms with van der Waals surface area (Å²) < 4.78 is 43.6. The molecule has 2 aromatic carbocycles. The van der Waals surface area contributed by atoms with Crippen LogP contribution >= 0.6 is 23.8 Å². The summed E-state index contributed by atoms with van der Waals surface area (Å²) in [4.78, 5) is 23.3. The summed E-state index contributed by atoms with van der Waals surface area (Å²) in [6, 6.07) is 17.4. The number of anilines is 1. The topological polar surface area (TPSA) is 98.9 Å². The summed E-state index contributed by atoms with van der Waals surface area (Å²) in [5, 5.41) is 15.7. The Morgan fingerprint density at radius 3 is 2.52 bits per heavy atom. The van der Waals surface area contributed by atoms with E-state index in [-0.39, 0.29) is 47.2 Å². The summed E-state index contributed by atoms with van der Waals surface area (Å²) in [6.07, 6.45) is 0.937. The SMILES string of the molecule is CC[C@H](C)[C@@H](CN(Cc1ccccc1C(F)(F)F)C(=S)Nc1ccc(Cl)nc1)NC(=O)Cc1cncn1Cc1ccc(C#N)cc1. The van der Waals surface area contributed by atoms with Crippen molar-refractivity contribution in [2.24, 2.45) is 5.92 Å². The molecule has 46 heavy (non-hydrogen) atoms. The molecule has 0 spiro atoms. The largest absolute Gasteiger partial charge is 0.416 e. The summed E-state index contributed by atoms with van der Waals surface area (Å²) in [5.41, 5.74) is 2.00. The lowest BCUT2D eigenvalue weighted by atomic mass is 9.97. The quantitative estimate of drug-likeness (QED) is 0.126. The Bertz CT molecular complexity index is 1670. The van der Waals surface area contributed by atoms with Crippen molar-refractivity contribution < 1.29 is 18.0 Å². The number of amides is 1. The molecule has 0 radical (unpaired) electrons. The van der Waals surface area contributed by atoms with Crippen molar-refractivity contribution in [3.63, 3.8) is 0 Å². The third-order valence-electron chi connectivity index (χ3n) is 7.62. The highest BCUT2D eigenvalue weighted by atomic mass is 35.5. The van der Waals surface area contributed by atoms with Crippen LogP contribution in [0.3, 0.4) is 0 Å². The maximum atomic E-state index is 13.9. The highest BCUT2D eigenvalue weighted by molar-refractivity contribution is 7.80. The molecule has 13 heteroatoms. The van der Waals surface area contributed by atoms with E-state index in [0.717, 1.165) is 11.6 Å². The van der Waals surface area contributed by atoms with Gasteiger partial charge in [-0.05, 0) is 59.6 Å². The lowest BCUT2D eigenvalue weighted by Gasteiger charge is -2.33. The molecule has 0 unspecified atom stereocenters. The first-order chi connectivity index (χ1) is 22.0. The molecular formula is C33H33ClF3N7OS. The van der Waals surface area contributed by atoms with Crippen LogP contribution in [0, 0.1) is 17.2 Å². The van der Waals surface area contributed by atoms with Crippen LogP contribution in [-0.4, -0.2) is 43.0 Å². The highest BCUT2D eigenvalue weighted by Crippen LogP contribution is 2.32. The van der Waals surface area contributed by atoms with E-state index >= 15 is 0 Å². The minimum absolute atomic E-state index is 0.0344. The van der Waals surface area contributed by atoms with Gasteiger partial charge in [0.15, 0.2) is 5.11 Å². The zero-order valence-electron chi connectivity index (χ0n) is 25.3. The number of nitrogens with zero attached hydrogens (tertiary/aromatic N) is 5. The van der Waals surface area contributed by atoms with E-state index in [1.165, 1.54) is 18.3 Å². The number of hydrogen-bond acceptors (Lipinski definition) is 5. The van der Waals surface area contributed by atoms with Crippen molar-refractivity contribution in [3.8, 4) is 6.07 Å². The average Bonchev–Trinajstić information content (AvgIpc) is 3.46. The Kier molecular flexibility index (Phi) is 11.7. The van der Waals surface area contributed by atoms with E-state index in [9.17, 15) is 18.0 Å². The molecule has 0 aliphatic rings. The molecule has 0 aliphatic carbocycles. The number of nitrogens with one attached hydrogen (secondary N) is 2. The van der Waals surface area contributed by atoms with Crippen LogP contribution < -0.4 is 10.6 Å². The molecule has 0 saturated heterocycles. The van der Waals surface area contributed by atoms with Crippen molar-refractivity contribution in [3.05, 3.63) is 112 Å². The van der Waals surface area contributed by atoms with E-state index in [2.05, 4.69) is 26.7 Å². The number of carbonyl (C=O) groups excluding carboxylic acids is 1. The van der Waals surface area contributed by atoms with Crippen molar-refractivity contribution >= 4 is 40.5 Å². The van der Waals surface area contributed by atoms with Crippen LogP contribution in [0.25, 0.3) is 0 Å². The number of imidazole rings is 1. The second-order valence-corrected chi connectivity index (χ2v) is 11.7. The third kappa shape index (κ3) is 9.52. The molecule has 2 N–H and O–H groups in total. The van der Waals surface area contributed by atoms with Gasteiger partial charge in [-0.3, -0.25) is 4.79 Å². The molecule has 1 amide bonds. The Morgan fingerprint density at radius 1 is 1.13 bits per heavy atom. The second-order valence-electron chi connectivity index (χ2n) is 10.9. The van der Waals surface area contributed by atoms with Crippen LogP contribution in [0.1, 0.15) is 48.2 Å². The number of thiocarbonyl (C=S) groups is 1. The minimum Gasteiger partial charge on any atom is -0.351 e. The Morgan fingerprint density at radius 2 is 1.87 bits per heavy atom. The molecule has 8 nitrogen and oxygen atoms in total. The van der Waals surface area contributed by atoms with Gasteiger partial charge in [-0.25, -0.2) is 9.97 Å². The Hall–Kier alpha value is -4.47. The monoisotopic (exact) mass is 667 g/mol. The number of hydrogen-bond donors (Lipinski definition) is 2. The van der Waals surface area contributed by atoms with Gasteiger partial charge in [-0.15, -0.1) is 0 Å². The smallest absolute Gasteiger partial charge is 0.351 e. The zero-order chi connectivity index (χ0) is 33.3. The summed E-state index contributed by atoms with van der Waals surface area (Å²) in [6.45, 7) is 4.42. The number of aromatic nitrogens is 3. The van der Waals surface area contributed by atoms with E-state index in [4.69, 9.17) is 29.1 Å². The Balaban J connectivity index is 1.54. The minimum atomic E-state index is -4.55.